The number of hydrogen-bond acceptors (Lipinski definition) is 3. The van der Waals surface area contributed by atoms with E-state index in [4.69, 9.17) is 28.2 Å². The maximum atomic E-state index is 13.0. The number of piperidine rings is 1. The highest BCUT2D eigenvalue weighted by atomic mass is 35.5. The molecule has 1 amide bonds. The number of halogens is 2. The highest BCUT2D eigenvalue weighted by Gasteiger charge is 2.28. The van der Waals surface area contributed by atoms with Gasteiger partial charge in [-0.05, 0) is 37.0 Å². The Morgan fingerprint density at radius 2 is 2.00 bits per heavy atom. The summed E-state index contributed by atoms with van der Waals surface area (Å²) < 4.78 is 0. The predicted molar refractivity (Wildman–Crippen MR) is 121 cm³/mol. The fraction of sp³-hybridized carbons (Fsp3) is 0.455. The number of carbonyl (C=O) groups excluding carboxylic acids is 1. The van der Waals surface area contributed by atoms with Crippen LogP contribution in [0, 0.1) is 5.92 Å². The molecule has 7 heteroatoms. The number of hydrogen-bond donors (Lipinski definition) is 1. The number of carbonyl (C=O) groups is 1. The van der Waals surface area contributed by atoms with E-state index in [0.717, 1.165) is 43.3 Å². The number of likely N-dealkylation sites (tertiary alicyclic amines) is 1. The number of fused-ring (bicyclic) bond motifs is 1. The predicted octanol–water partition coefficient (Wildman–Crippen LogP) is 6.32. The molecule has 1 aliphatic rings. The molecule has 0 atom stereocenters. The van der Waals surface area contributed by atoms with Crippen molar-refractivity contribution in [3.63, 3.8) is 0 Å². The van der Waals surface area contributed by atoms with Crippen LogP contribution < -0.4 is 0 Å². The first-order chi connectivity index (χ1) is 13.7. The zero-order valence-corrected chi connectivity index (χ0v) is 19.2. The Kier molecular flexibility index (Phi) is 5.66. The Bertz CT molecular complexity index is 1040. The van der Waals surface area contributed by atoms with E-state index in [1.54, 1.807) is 23.5 Å². The largest absolute Gasteiger partial charge is 0.349 e. The molecule has 0 radical (unpaired) electrons. The number of H-pyrrole nitrogens is 1. The minimum atomic E-state index is -0.0370. The van der Waals surface area contributed by atoms with Crippen LogP contribution in [0.1, 0.15) is 54.8 Å². The standard InChI is InChI=1S/C22H25Cl2N3OS/c1-22(2,3)17-12-29-18(26-17)10-13-6-8-27(9-7-13)21(28)20-19(24)15-11-14(23)4-5-16(15)25-20/h4-5,11-13,25H,6-10H2,1-3H3. The summed E-state index contributed by atoms with van der Waals surface area (Å²) in [5.74, 6) is 0.528. The monoisotopic (exact) mass is 449 g/mol. The summed E-state index contributed by atoms with van der Waals surface area (Å²) in [5.41, 5.74) is 2.54. The maximum Gasteiger partial charge on any atom is 0.271 e. The maximum absolute atomic E-state index is 13.0. The molecule has 29 heavy (non-hydrogen) atoms. The number of rotatable bonds is 3. The molecule has 4 nitrogen and oxygen atoms in total. The zero-order valence-electron chi connectivity index (χ0n) is 16.9. The van der Waals surface area contributed by atoms with Gasteiger partial charge in [-0.25, -0.2) is 4.98 Å². The average Bonchev–Trinajstić information content (AvgIpc) is 3.27. The van der Waals surface area contributed by atoms with Crippen molar-refractivity contribution in [1.82, 2.24) is 14.9 Å². The highest BCUT2D eigenvalue weighted by Crippen LogP contribution is 2.32. The Labute approximate surface area is 185 Å². The van der Waals surface area contributed by atoms with Crippen LogP contribution in [0.4, 0.5) is 0 Å². The summed E-state index contributed by atoms with van der Waals surface area (Å²) in [6.45, 7) is 8.07. The van der Waals surface area contributed by atoms with Crippen LogP contribution in [0.15, 0.2) is 23.6 Å². The zero-order chi connectivity index (χ0) is 20.8. The summed E-state index contributed by atoms with van der Waals surface area (Å²) in [7, 11) is 0. The summed E-state index contributed by atoms with van der Waals surface area (Å²) in [6, 6.07) is 5.44. The molecule has 4 rings (SSSR count). The molecule has 0 saturated carbocycles. The van der Waals surface area contributed by atoms with Gasteiger partial charge >= 0.3 is 0 Å². The second-order valence-electron chi connectivity index (χ2n) is 8.82. The van der Waals surface area contributed by atoms with E-state index in [9.17, 15) is 4.79 Å². The third kappa shape index (κ3) is 4.32. The molecule has 0 unspecified atom stereocenters. The van der Waals surface area contributed by atoms with Crippen molar-refractivity contribution in [2.24, 2.45) is 5.92 Å². The van der Waals surface area contributed by atoms with Crippen molar-refractivity contribution in [2.45, 2.75) is 45.4 Å². The number of thiazole rings is 1. The number of aromatic amines is 1. The molecule has 2 aromatic heterocycles. The summed E-state index contributed by atoms with van der Waals surface area (Å²) in [6.07, 6.45) is 2.97. The first-order valence-electron chi connectivity index (χ1n) is 9.93. The quantitative estimate of drug-likeness (QED) is 0.507. The molecule has 3 heterocycles. The molecule has 3 aromatic rings. The highest BCUT2D eigenvalue weighted by molar-refractivity contribution is 7.09. The molecule has 1 aliphatic heterocycles. The van der Waals surface area contributed by atoms with Crippen LogP contribution >= 0.6 is 34.5 Å². The minimum Gasteiger partial charge on any atom is -0.349 e. The second kappa shape index (κ2) is 7.93. The van der Waals surface area contributed by atoms with E-state index in [1.807, 2.05) is 11.0 Å². The van der Waals surface area contributed by atoms with Gasteiger partial charge in [0, 0.05) is 46.2 Å². The lowest BCUT2D eigenvalue weighted by Gasteiger charge is -2.31. The molecule has 1 saturated heterocycles. The fourth-order valence-corrected chi connectivity index (χ4v) is 5.37. The van der Waals surface area contributed by atoms with Gasteiger partial charge in [0.15, 0.2) is 0 Å². The van der Waals surface area contributed by atoms with Crippen LogP contribution in [0.5, 0.6) is 0 Å². The van der Waals surface area contributed by atoms with Crippen LogP contribution in [-0.4, -0.2) is 33.9 Å². The molecular weight excluding hydrogens is 425 g/mol. The Hall–Kier alpha value is -1.56. The second-order valence-corrected chi connectivity index (χ2v) is 10.6. The Morgan fingerprint density at radius 1 is 1.28 bits per heavy atom. The first kappa shape index (κ1) is 20.7. The van der Waals surface area contributed by atoms with Gasteiger partial charge in [0.1, 0.15) is 5.69 Å². The summed E-state index contributed by atoms with van der Waals surface area (Å²) in [4.78, 5) is 22.9. The lowest BCUT2D eigenvalue weighted by molar-refractivity contribution is 0.0685. The minimum absolute atomic E-state index is 0.0370. The van der Waals surface area contributed by atoms with Crippen molar-refractivity contribution in [3.8, 4) is 0 Å². The number of amides is 1. The smallest absolute Gasteiger partial charge is 0.271 e. The molecular formula is C22H25Cl2N3OS. The van der Waals surface area contributed by atoms with Gasteiger partial charge in [0.2, 0.25) is 0 Å². The van der Waals surface area contributed by atoms with Gasteiger partial charge in [-0.2, -0.15) is 0 Å². The van der Waals surface area contributed by atoms with Gasteiger partial charge in [-0.15, -0.1) is 11.3 Å². The lowest BCUT2D eigenvalue weighted by atomic mass is 9.92. The number of nitrogens with zero attached hydrogens (tertiary/aromatic N) is 2. The Morgan fingerprint density at radius 3 is 2.66 bits per heavy atom. The Balaban J connectivity index is 1.40. The molecule has 0 spiro atoms. The summed E-state index contributed by atoms with van der Waals surface area (Å²) >= 11 is 14.3. The average molecular weight is 450 g/mol. The summed E-state index contributed by atoms with van der Waals surface area (Å²) in [5, 5.41) is 5.23. The van der Waals surface area contributed by atoms with Crippen LogP contribution in [0.3, 0.4) is 0 Å². The third-order valence-electron chi connectivity index (χ3n) is 5.60. The molecule has 0 aliphatic carbocycles. The van der Waals surface area contributed by atoms with E-state index < -0.39 is 0 Å². The van der Waals surface area contributed by atoms with Crippen molar-refractivity contribution in [1.29, 1.82) is 0 Å². The molecule has 0 bridgehead atoms. The van der Waals surface area contributed by atoms with E-state index in [0.29, 0.717) is 21.7 Å². The van der Waals surface area contributed by atoms with Gasteiger partial charge in [-0.1, -0.05) is 44.0 Å². The first-order valence-corrected chi connectivity index (χ1v) is 11.6. The van der Waals surface area contributed by atoms with Crippen molar-refractivity contribution >= 4 is 51.3 Å². The number of aromatic nitrogens is 2. The molecule has 154 valence electrons. The fourth-order valence-electron chi connectivity index (χ4n) is 3.77. The lowest BCUT2D eigenvalue weighted by Crippen LogP contribution is -2.39. The number of nitrogens with one attached hydrogen (secondary N) is 1. The number of benzene rings is 1. The van der Waals surface area contributed by atoms with E-state index in [1.165, 1.54) is 10.7 Å². The normalized spacial score (nSPS) is 16.0. The SMILES string of the molecule is CC(C)(C)c1csc(CC2CCN(C(=O)c3[nH]c4ccc(Cl)cc4c3Cl)CC2)n1. The van der Waals surface area contributed by atoms with Gasteiger partial charge in [0.05, 0.1) is 15.7 Å². The van der Waals surface area contributed by atoms with E-state index >= 15 is 0 Å². The molecule has 1 aromatic carbocycles. The topological polar surface area (TPSA) is 49.0 Å². The van der Waals surface area contributed by atoms with Crippen molar-refractivity contribution in [3.05, 3.63) is 50.0 Å². The van der Waals surface area contributed by atoms with Crippen LogP contribution in [0.2, 0.25) is 10.0 Å². The van der Waals surface area contributed by atoms with Crippen molar-refractivity contribution < 1.29 is 4.79 Å². The van der Waals surface area contributed by atoms with Gasteiger partial charge < -0.3 is 9.88 Å². The molecule has 1 fully saturated rings. The molecule has 1 N–H and O–H groups in total. The van der Waals surface area contributed by atoms with Crippen LogP contribution in [0.25, 0.3) is 10.9 Å². The van der Waals surface area contributed by atoms with E-state index in [-0.39, 0.29) is 11.3 Å². The van der Waals surface area contributed by atoms with Gasteiger partial charge in [-0.3, -0.25) is 4.79 Å². The van der Waals surface area contributed by atoms with Crippen molar-refractivity contribution in [2.75, 3.05) is 13.1 Å². The van der Waals surface area contributed by atoms with Crippen LogP contribution in [-0.2, 0) is 11.8 Å². The third-order valence-corrected chi connectivity index (χ3v) is 7.10. The van der Waals surface area contributed by atoms with E-state index in [2.05, 4.69) is 31.1 Å². The van der Waals surface area contributed by atoms with Gasteiger partial charge in [0.25, 0.3) is 5.91 Å².